The Morgan fingerprint density at radius 2 is 1.90 bits per heavy atom. The third-order valence-electron chi connectivity index (χ3n) is 2.82. The molecule has 0 aliphatic rings. The summed E-state index contributed by atoms with van der Waals surface area (Å²) in [6.45, 7) is 1.99. The highest BCUT2D eigenvalue weighted by Crippen LogP contribution is 2.26. The molecule has 2 N–H and O–H groups in total. The van der Waals surface area contributed by atoms with Crippen LogP contribution in [-0.2, 0) is 17.1 Å². The number of hydrogen-bond donors (Lipinski definition) is 2. The number of rotatable bonds is 5. The molecule has 20 heavy (non-hydrogen) atoms. The standard InChI is InChI=1S/C13H18N4O2S/c1-10(11-8-14-17(2)9-11)15-12-6-4-5-7-13(12)16-20(3,18)19/h4-10,15-16H,1-3H3. The van der Waals surface area contributed by atoms with Gasteiger partial charge in [0.2, 0.25) is 10.0 Å². The van der Waals surface area contributed by atoms with Crippen LogP contribution in [0.3, 0.4) is 0 Å². The first-order valence-corrected chi connectivity index (χ1v) is 8.06. The Hall–Kier alpha value is -2.02. The average Bonchev–Trinajstić information content (AvgIpc) is 2.77. The normalized spacial score (nSPS) is 12.9. The summed E-state index contributed by atoms with van der Waals surface area (Å²) in [6, 6.07) is 7.21. The zero-order chi connectivity index (χ0) is 14.8. The van der Waals surface area contributed by atoms with Gasteiger partial charge in [0, 0.05) is 18.8 Å². The van der Waals surface area contributed by atoms with Crippen LogP contribution >= 0.6 is 0 Å². The van der Waals surface area contributed by atoms with E-state index in [-0.39, 0.29) is 6.04 Å². The summed E-state index contributed by atoms with van der Waals surface area (Å²) >= 11 is 0. The summed E-state index contributed by atoms with van der Waals surface area (Å²) in [6.07, 6.45) is 4.84. The SMILES string of the molecule is CC(Nc1ccccc1NS(C)(=O)=O)c1cnn(C)c1. The molecule has 108 valence electrons. The average molecular weight is 294 g/mol. The second-order valence-corrected chi connectivity index (χ2v) is 6.48. The molecular weight excluding hydrogens is 276 g/mol. The van der Waals surface area contributed by atoms with Crippen molar-refractivity contribution in [3.63, 3.8) is 0 Å². The van der Waals surface area contributed by atoms with Crippen molar-refractivity contribution in [3.05, 3.63) is 42.2 Å². The number of anilines is 2. The molecular formula is C13H18N4O2S. The monoisotopic (exact) mass is 294 g/mol. The van der Waals surface area contributed by atoms with E-state index in [0.717, 1.165) is 17.5 Å². The molecule has 0 radical (unpaired) electrons. The van der Waals surface area contributed by atoms with Gasteiger partial charge in [-0.05, 0) is 19.1 Å². The molecule has 1 aromatic carbocycles. The zero-order valence-electron chi connectivity index (χ0n) is 11.7. The van der Waals surface area contributed by atoms with Crippen LogP contribution in [0.1, 0.15) is 18.5 Å². The minimum absolute atomic E-state index is 0.0196. The molecule has 0 amide bonds. The number of nitrogens with zero attached hydrogens (tertiary/aromatic N) is 2. The Morgan fingerprint density at radius 3 is 2.45 bits per heavy atom. The van der Waals surface area contributed by atoms with E-state index < -0.39 is 10.0 Å². The molecule has 0 aliphatic heterocycles. The number of benzene rings is 1. The van der Waals surface area contributed by atoms with Crippen molar-refractivity contribution in [1.29, 1.82) is 0 Å². The van der Waals surface area contributed by atoms with E-state index in [1.165, 1.54) is 0 Å². The first-order valence-electron chi connectivity index (χ1n) is 6.17. The zero-order valence-corrected chi connectivity index (χ0v) is 12.5. The van der Waals surface area contributed by atoms with Crippen LogP contribution in [0.4, 0.5) is 11.4 Å². The minimum Gasteiger partial charge on any atom is -0.377 e. The maximum atomic E-state index is 11.4. The minimum atomic E-state index is -3.30. The molecule has 0 spiro atoms. The second kappa shape index (κ2) is 5.54. The lowest BCUT2D eigenvalue weighted by Crippen LogP contribution is -2.13. The molecule has 1 unspecified atom stereocenters. The van der Waals surface area contributed by atoms with Crippen molar-refractivity contribution < 1.29 is 8.42 Å². The molecule has 0 fully saturated rings. The Kier molecular flexibility index (Phi) is 3.99. The quantitative estimate of drug-likeness (QED) is 0.884. The molecule has 0 aliphatic carbocycles. The lowest BCUT2D eigenvalue weighted by atomic mass is 10.1. The Balaban J connectivity index is 2.21. The maximum absolute atomic E-state index is 11.4. The summed E-state index contributed by atoms with van der Waals surface area (Å²) in [7, 11) is -1.45. The first kappa shape index (κ1) is 14.4. The molecule has 6 nitrogen and oxygen atoms in total. The van der Waals surface area contributed by atoms with Crippen molar-refractivity contribution in [2.24, 2.45) is 7.05 Å². The van der Waals surface area contributed by atoms with E-state index in [4.69, 9.17) is 0 Å². The van der Waals surface area contributed by atoms with Crippen LogP contribution in [0.25, 0.3) is 0 Å². The highest BCUT2D eigenvalue weighted by molar-refractivity contribution is 7.92. The lowest BCUT2D eigenvalue weighted by Gasteiger charge is -2.17. The van der Waals surface area contributed by atoms with Crippen LogP contribution in [0.2, 0.25) is 0 Å². The predicted octanol–water partition coefficient (Wildman–Crippen LogP) is 1.96. The second-order valence-electron chi connectivity index (χ2n) is 4.73. The molecule has 0 saturated carbocycles. The van der Waals surface area contributed by atoms with Crippen molar-refractivity contribution in [2.45, 2.75) is 13.0 Å². The maximum Gasteiger partial charge on any atom is 0.229 e. The first-order chi connectivity index (χ1) is 9.35. The van der Waals surface area contributed by atoms with Gasteiger partial charge in [0.15, 0.2) is 0 Å². The number of para-hydroxylation sites is 2. The number of hydrogen-bond acceptors (Lipinski definition) is 4. The Bertz CT molecular complexity index is 694. The van der Waals surface area contributed by atoms with Gasteiger partial charge in [0.25, 0.3) is 0 Å². The molecule has 2 aromatic rings. The van der Waals surface area contributed by atoms with Gasteiger partial charge in [-0.1, -0.05) is 12.1 Å². The predicted molar refractivity (Wildman–Crippen MR) is 80.2 cm³/mol. The van der Waals surface area contributed by atoms with Crippen molar-refractivity contribution in [2.75, 3.05) is 16.3 Å². The smallest absolute Gasteiger partial charge is 0.229 e. The highest BCUT2D eigenvalue weighted by Gasteiger charge is 2.11. The van der Waals surface area contributed by atoms with Gasteiger partial charge in [-0.2, -0.15) is 5.10 Å². The Morgan fingerprint density at radius 1 is 1.25 bits per heavy atom. The Labute approximate surface area is 118 Å². The number of aryl methyl sites for hydroxylation is 1. The van der Waals surface area contributed by atoms with Gasteiger partial charge in [-0.3, -0.25) is 9.40 Å². The molecule has 1 aromatic heterocycles. The number of sulfonamides is 1. The largest absolute Gasteiger partial charge is 0.377 e. The summed E-state index contributed by atoms with van der Waals surface area (Å²) in [5.74, 6) is 0. The third kappa shape index (κ3) is 3.74. The van der Waals surface area contributed by atoms with Gasteiger partial charge in [-0.15, -0.1) is 0 Å². The van der Waals surface area contributed by atoms with Crippen molar-refractivity contribution in [3.8, 4) is 0 Å². The molecule has 0 bridgehead atoms. The van der Waals surface area contributed by atoms with Crippen LogP contribution < -0.4 is 10.0 Å². The molecule has 2 rings (SSSR count). The number of aromatic nitrogens is 2. The number of nitrogens with one attached hydrogen (secondary N) is 2. The third-order valence-corrected chi connectivity index (χ3v) is 3.41. The van der Waals surface area contributed by atoms with Crippen LogP contribution in [0.5, 0.6) is 0 Å². The summed E-state index contributed by atoms with van der Waals surface area (Å²) in [5, 5.41) is 7.41. The fraction of sp³-hybridized carbons (Fsp3) is 0.308. The molecule has 1 heterocycles. The van der Waals surface area contributed by atoms with E-state index in [1.54, 1.807) is 23.0 Å². The van der Waals surface area contributed by atoms with E-state index in [1.807, 2.05) is 32.3 Å². The van der Waals surface area contributed by atoms with Crippen molar-refractivity contribution >= 4 is 21.4 Å². The molecule has 1 atom stereocenters. The summed E-state index contributed by atoms with van der Waals surface area (Å²) in [4.78, 5) is 0. The fourth-order valence-electron chi connectivity index (χ4n) is 1.88. The van der Waals surface area contributed by atoms with E-state index in [0.29, 0.717) is 5.69 Å². The summed E-state index contributed by atoms with van der Waals surface area (Å²) in [5.41, 5.74) is 2.29. The van der Waals surface area contributed by atoms with Crippen LogP contribution in [0, 0.1) is 0 Å². The van der Waals surface area contributed by atoms with Gasteiger partial charge in [-0.25, -0.2) is 8.42 Å². The lowest BCUT2D eigenvalue weighted by molar-refractivity contribution is 0.607. The summed E-state index contributed by atoms with van der Waals surface area (Å²) < 4.78 is 27.0. The van der Waals surface area contributed by atoms with Gasteiger partial charge in [0.05, 0.1) is 29.9 Å². The molecule has 7 heteroatoms. The molecule has 0 saturated heterocycles. The van der Waals surface area contributed by atoms with Gasteiger partial charge in [0.1, 0.15) is 0 Å². The van der Waals surface area contributed by atoms with E-state index in [9.17, 15) is 8.42 Å². The highest BCUT2D eigenvalue weighted by atomic mass is 32.2. The van der Waals surface area contributed by atoms with Gasteiger partial charge >= 0.3 is 0 Å². The fourth-order valence-corrected chi connectivity index (χ4v) is 2.46. The van der Waals surface area contributed by atoms with Crippen LogP contribution in [0.15, 0.2) is 36.7 Å². The van der Waals surface area contributed by atoms with Crippen molar-refractivity contribution in [1.82, 2.24) is 9.78 Å². The topological polar surface area (TPSA) is 76.0 Å². The van der Waals surface area contributed by atoms with Gasteiger partial charge < -0.3 is 5.32 Å². The van der Waals surface area contributed by atoms with Crippen LogP contribution in [-0.4, -0.2) is 24.5 Å². The van der Waals surface area contributed by atoms with E-state index >= 15 is 0 Å². The van der Waals surface area contributed by atoms with E-state index in [2.05, 4.69) is 15.1 Å².